The van der Waals surface area contributed by atoms with Crippen LogP contribution in [0.25, 0.3) is 0 Å². The molecule has 2 rings (SSSR count). The molecule has 2 heterocycles. The van der Waals surface area contributed by atoms with E-state index in [0.29, 0.717) is 0 Å². The third-order valence-corrected chi connectivity index (χ3v) is 2.36. The van der Waals surface area contributed by atoms with Crippen LogP contribution in [0.5, 0.6) is 0 Å². The van der Waals surface area contributed by atoms with Gasteiger partial charge in [0.2, 0.25) is 0 Å². The number of nitrogens with one attached hydrogen (secondary N) is 1. The predicted molar refractivity (Wildman–Crippen MR) is 67.9 cm³/mol. The van der Waals surface area contributed by atoms with Gasteiger partial charge < -0.3 is 5.32 Å². The summed E-state index contributed by atoms with van der Waals surface area (Å²) in [5.74, 6) is 0.830. The summed E-state index contributed by atoms with van der Waals surface area (Å²) in [5.41, 5.74) is 1.95. The molecule has 0 aromatic carbocycles. The van der Waals surface area contributed by atoms with Crippen LogP contribution in [0.3, 0.4) is 0 Å². The Hall–Kier alpha value is -1.97. The lowest BCUT2D eigenvalue weighted by Crippen LogP contribution is -2.04. The molecule has 0 spiro atoms. The standard InChI is InChI=1S/C13H16N4/c1-2-8-15-13-7-6-12(16-17-13)10-11-5-3-4-9-14-11/h3-7,9H,2,8,10H2,1H3,(H,15,17). The minimum Gasteiger partial charge on any atom is -0.369 e. The van der Waals surface area contributed by atoms with Gasteiger partial charge in [-0.2, -0.15) is 5.10 Å². The molecule has 0 amide bonds. The molecule has 2 aromatic rings. The van der Waals surface area contributed by atoms with Gasteiger partial charge in [-0.3, -0.25) is 4.98 Å². The lowest BCUT2D eigenvalue weighted by molar-refractivity contribution is 0.899. The second-order valence-corrected chi connectivity index (χ2v) is 3.83. The molecule has 0 fully saturated rings. The van der Waals surface area contributed by atoms with E-state index in [4.69, 9.17) is 0 Å². The van der Waals surface area contributed by atoms with Gasteiger partial charge in [0.1, 0.15) is 5.82 Å². The van der Waals surface area contributed by atoms with Gasteiger partial charge in [0, 0.05) is 24.9 Å². The minimum absolute atomic E-state index is 0.724. The maximum Gasteiger partial charge on any atom is 0.148 e. The molecule has 0 saturated heterocycles. The maximum absolute atomic E-state index is 4.26. The minimum atomic E-state index is 0.724. The summed E-state index contributed by atoms with van der Waals surface area (Å²) in [6.45, 7) is 3.05. The molecule has 2 aromatic heterocycles. The quantitative estimate of drug-likeness (QED) is 0.853. The second kappa shape index (κ2) is 5.94. The van der Waals surface area contributed by atoms with E-state index in [-0.39, 0.29) is 0 Å². The van der Waals surface area contributed by atoms with Crippen molar-refractivity contribution in [2.75, 3.05) is 11.9 Å². The summed E-state index contributed by atoms with van der Waals surface area (Å²) >= 11 is 0. The monoisotopic (exact) mass is 228 g/mol. The van der Waals surface area contributed by atoms with E-state index in [1.165, 1.54) is 0 Å². The fraction of sp³-hybridized carbons (Fsp3) is 0.308. The lowest BCUT2D eigenvalue weighted by atomic mass is 10.2. The van der Waals surface area contributed by atoms with E-state index in [1.54, 1.807) is 6.20 Å². The van der Waals surface area contributed by atoms with Crippen molar-refractivity contribution in [2.45, 2.75) is 19.8 Å². The van der Waals surface area contributed by atoms with Crippen molar-refractivity contribution in [2.24, 2.45) is 0 Å². The molecule has 1 N–H and O–H groups in total. The molecular formula is C13H16N4. The molecule has 88 valence electrons. The average molecular weight is 228 g/mol. The van der Waals surface area contributed by atoms with Crippen molar-refractivity contribution < 1.29 is 0 Å². The highest BCUT2D eigenvalue weighted by Gasteiger charge is 1.99. The fourth-order valence-corrected chi connectivity index (χ4v) is 1.49. The Labute approximate surface area is 101 Å². The van der Waals surface area contributed by atoms with Gasteiger partial charge in [-0.05, 0) is 30.7 Å². The van der Waals surface area contributed by atoms with E-state index in [1.807, 2.05) is 30.3 Å². The molecule has 4 nitrogen and oxygen atoms in total. The Morgan fingerprint density at radius 3 is 2.65 bits per heavy atom. The van der Waals surface area contributed by atoms with Crippen LogP contribution in [0.1, 0.15) is 24.7 Å². The summed E-state index contributed by atoms with van der Waals surface area (Å²) in [6.07, 6.45) is 3.60. The van der Waals surface area contributed by atoms with Crippen LogP contribution in [0.15, 0.2) is 36.5 Å². The van der Waals surface area contributed by atoms with Gasteiger partial charge in [0.25, 0.3) is 0 Å². The topological polar surface area (TPSA) is 50.7 Å². The van der Waals surface area contributed by atoms with Gasteiger partial charge in [0.15, 0.2) is 0 Å². The molecule has 0 aliphatic carbocycles. The number of pyridine rings is 1. The molecule has 17 heavy (non-hydrogen) atoms. The molecule has 0 radical (unpaired) electrons. The number of hydrogen-bond donors (Lipinski definition) is 1. The Bertz CT molecular complexity index is 439. The average Bonchev–Trinajstić information content (AvgIpc) is 2.39. The van der Waals surface area contributed by atoms with E-state index in [2.05, 4.69) is 27.4 Å². The highest BCUT2D eigenvalue weighted by Crippen LogP contribution is 2.06. The SMILES string of the molecule is CCCNc1ccc(Cc2ccccn2)nn1. The molecule has 0 atom stereocenters. The van der Waals surface area contributed by atoms with Crippen molar-refractivity contribution in [1.82, 2.24) is 15.2 Å². The van der Waals surface area contributed by atoms with Crippen LogP contribution in [0.4, 0.5) is 5.82 Å². The van der Waals surface area contributed by atoms with Crippen LogP contribution in [-0.2, 0) is 6.42 Å². The van der Waals surface area contributed by atoms with Gasteiger partial charge >= 0.3 is 0 Å². The fourth-order valence-electron chi connectivity index (χ4n) is 1.49. The zero-order chi connectivity index (χ0) is 11.9. The molecular weight excluding hydrogens is 212 g/mol. The van der Waals surface area contributed by atoms with E-state index in [0.717, 1.165) is 36.6 Å². The number of anilines is 1. The molecule has 0 unspecified atom stereocenters. The van der Waals surface area contributed by atoms with Gasteiger partial charge in [-0.25, -0.2) is 0 Å². The van der Waals surface area contributed by atoms with Crippen LogP contribution in [0, 0.1) is 0 Å². The summed E-state index contributed by atoms with van der Waals surface area (Å²) in [5, 5.41) is 11.5. The zero-order valence-corrected chi connectivity index (χ0v) is 9.93. The van der Waals surface area contributed by atoms with Crippen LogP contribution in [0.2, 0.25) is 0 Å². The number of nitrogens with zero attached hydrogens (tertiary/aromatic N) is 3. The van der Waals surface area contributed by atoms with Gasteiger partial charge in [-0.1, -0.05) is 13.0 Å². The molecule has 0 bridgehead atoms. The van der Waals surface area contributed by atoms with E-state index < -0.39 is 0 Å². The van der Waals surface area contributed by atoms with Crippen molar-refractivity contribution in [1.29, 1.82) is 0 Å². The zero-order valence-electron chi connectivity index (χ0n) is 9.93. The Kier molecular flexibility index (Phi) is 4.02. The van der Waals surface area contributed by atoms with E-state index in [9.17, 15) is 0 Å². The first-order valence-corrected chi connectivity index (χ1v) is 5.85. The van der Waals surface area contributed by atoms with Crippen molar-refractivity contribution in [3.63, 3.8) is 0 Å². The van der Waals surface area contributed by atoms with Gasteiger partial charge in [-0.15, -0.1) is 5.10 Å². The smallest absolute Gasteiger partial charge is 0.148 e. The van der Waals surface area contributed by atoms with Crippen LogP contribution < -0.4 is 5.32 Å². The lowest BCUT2D eigenvalue weighted by Gasteiger charge is -2.03. The molecule has 4 heteroatoms. The van der Waals surface area contributed by atoms with E-state index >= 15 is 0 Å². The Balaban J connectivity index is 1.98. The first-order valence-electron chi connectivity index (χ1n) is 5.85. The first kappa shape index (κ1) is 11.5. The summed E-state index contributed by atoms with van der Waals surface area (Å²) < 4.78 is 0. The largest absolute Gasteiger partial charge is 0.369 e. The highest BCUT2D eigenvalue weighted by atomic mass is 15.2. The van der Waals surface area contributed by atoms with Crippen molar-refractivity contribution in [3.8, 4) is 0 Å². The highest BCUT2D eigenvalue weighted by molar-refractivity contribution is 5.33. The third-order valence-electron chi connectivity index (χ3n) is 2.36. The van der Waals surface area contributed by atoms with Gasteiger partial charge in [0.05, 0.1) is 5.69 Å². The summed E-state index contributed by atoms with van der Waals surface area (Å²) in [7, 11) is 0. The van der Waals surface area contributed by atoms with Crippen molar-refractivity contribution >= 4 is 5.82 Å². The summed E-state index contributed by atoms with van der Waals surface area (Å²) in [6, 6.07) is 9.82. The van der Waals surface area contributed by atoms with Crippen LogP contribution in [-0.4, -0.2) is 21.7 Å². The number of aromatic nitrogens is 3. The van der Waals surface area contributed by atoms with Crippen LogP contribution >= 0.6 is 0 Å². The summed E-state index contributed by atoms with van der Waals surface area (Å²) in [4.78, 5) is 4.26. The number of rotatable bonds is 5. The molecule has 0 aliphatic rings. The van der Waals surface area contributed by atoms with Crippen molar-refractivity contribution in [3.05, 3.63) is 47.9 Å². The maximum atomic E-state index is 4.26. The molecule has 0 aliphatic heterocycles. The normalized spacial score (nSPS) is 10.2. The molecule has 0 saturated carbocycles. The predicted octanol–water partition coefficient (Wildman–Crippen LogP) is 2.28. The second-order valence-electron chi connectivity index (χ2n) is 3.83. The third kappa shape index (κ3) is 3.52. The number of hydrogen-bond acceptors (Lipinski definition) is 4. The Morgan fingerprint density at radius 2 is 2.00 bits per heavy atom. The first-order chi connectivity index (χ1) is 8.38. The Morgan fingerprint density at radius 1 is 1.06 bits per heavy atom.